The van der Waals surface area contributed by atoms with E-state index in [1.165, 1.54) is 17.7 Å². The van der Waals surface area contributed by atoms with E-state index >= 15 is 0 Å². The van der Waals surface area contributed by atoms with Gasteiger partial charge < -0.3 is 15.2 Å². The molecule has 0 bridgehead atoms. The Bertz CT molecular complexity index is 739. The fourth-order valence-corrected chi connectivity index (χ4v) is 2.85. The van der Waals surface area contributed by atoms with Crippen molar-refractivity contribution >= 4 is 11.9 Å². The Hall–Kier alpha value is -2.66. The van der Waals surface area contributed by atoms with Crippen LogP contribution in [0.5, 0.6) is 0 Å². The highest BCUT2D eigenvalue weighted by molar-refractivity contribution is 5.87. The summed E-state index contributed by atoms with van der Waals surface area (Å²) in [4.78, 5) is 23.0. The van der Waals surface area contributed by atoms with Gasteiger partial charge >= 0.3 is 5.97 Å². The normalized spacial score (nSPS) is 16.2. The average molecular weight is 325 g/mol. The number of carbonyl (C=O) groups is 2. The molecule has 5 nitrogen and oxygen atoms in total. The van der Waals surface area contributed by atoms with Crippen LogP contribution in [0.4, 0.5) is 0 Å². The number of fused-ring (bicyclic) bond motifs is 1. The number of benzene rings is 2. The molecule has 1 amide bonds. The van der Waals surface area contributed by atoms with Gasteiger partial charge in [0.05, 0.1) is 24.7 Å². The van der Waals surface area contributed by atoms with Crippen molar-refractivity contribution in [3.05, 3.63) is 70.8 Å². The van der Waals surface area contributed by atoms with Crippen molar-refractivity contribution in [2.45, 2.75) is 25.5 Å². The van der Waals surface area contributed by atoms with Gasteiger partial charge in [0.2, 0.25) is 5.91 Å². The monoisotopic (exact) mass is 325 g/mol. The van der Waals surface area contributed by atoms with Crippen LogP contribution in [0, 0.1) is 0 Å². The van der Waals surface area contributed by atoms with Gasteiger partial charge in [-0.3, -0.25) is 4.79 Å². The number of carboxylic acid groups (broad SMARTS) is 1. The van der Waals surface area contributed by atoms with Crippen LogP contribution in [0.15, 0.2) is 48.5 Å². The number of hydrogen-bond acceptors (Lipinski definition) is 3. The van der Waals surface area contributed by atoms with Crippen LogP contribution in [0.2, 0.25) is 0 Å². The fraction of sp³-hybridized carbons (Fsp3) is 0.263. The summed E-state index contributed by atoms with van der Waals surface area (Å²) in [5, 5.41) is 11.7. The molecule has 5 heteroatoms. The van der Waals surface area contributed by atoms with Crippen LogP contribution in [-0.4, -0.2) is 23.6 Å². The molecule has 0 aromatic heterocycles. The lowest BCUT2D eigenvalue weighted by Crippen LogP contribution is -2.27. The first-order chi connectivity index (χ1) is 11.6. The Labute approximate surface area is 140 Å². The van der Waals surface area contributed by atoms with Gasteiger partial charge in [-0.05, 0) is 35.2 Å². The summed E-state index contributed by atoms with van der Waals surface area (Å²) in [5.41, 5.74) is 3.42. The Morgan fingerprint density at radius 2 is 1.88 bits per heavy atom. The van der Waals surface area contributed by atoms with Crippen molar-refractivity contribution in [3.8, 4) is 0 Å². The summed E-state index contributed by atoms with van der Waals surface area (Å²) in [7, 11) is 0. The molecule has 24 heavy (non-hydrogen) atoms. The molecule has 0 saturated heterocycles. The van der Waals surface area contributed by atoms with Crippen molar-refractivity contribution in [1.82, 2.24) is 5.32 Å². The summed E-state index contributed by atoms with van der Waals surface area (Å²) in [6, 6.07) is 14.5. The topological polar surface area (TPSA) is 75.6 Å². The molecule has 1 unspecified atom stereocenters. The van der Waals surface area contributed by atoms with Crippen molar-refractivity contribution in [2.24, 2.45) is 0 Å². The minimum Gasteiger partial charge on any atom is -0.478 e. The number of nitrogens with one attached hydrogen (secondary N) is 1. The van der Waals surface area contributed by atoms with E-state index < -0.39 is 5.97 Å². The van der Waals surface area contributed by atoms with E-state index in [1.54, 1.807) is 12.1 Å². The maximum Gasteiger partial charge on any atom is 0.335 e. The molecule has 1 aliphatic rings. The fourth-order valence-electron chi connectivity index (χ4n) is 2.85. The first kappa shape index (κ1) is 16.2. The number of aromatic carboxylic acids is 1. The van der Waals surface area contributed by atoms with Crippen molar-refractivity contribution in [3.63, 3.8) is 0 Å². The summed E-state index contributed by atoms with van der Waals surface area (Å²) in [5.74, 6) is -1.04. The Kier molecular flexibility index (Phi) is 4.91. The highest BCUT2D eigenvalue weighted by atomic mass is 16.5. The molecule has 0 radical (unpaired) electrons. The van der Waals surface area contributed by atoms with Gasteiger partial charge in [0.1, 0.15) is 0 Å². The minimum absolute atomic E-state index is 0.0842. The van der Waals surface area contributed by atoms with Crippen LogP contribution >= 0.6 is 0 Å². The van der Waals surface area contributed by atoms with E-state index in [1.807, 2.05) is 18.2 Å². The molecular formula is C19H19NO4. The van der Waals surface area contributed by atoms with E-state index in [-0.39, 0.29) is 24.0 Å². The van der Waals surface area contributed by atoms with Crippen molar-refractivity contribution in [1.29, 1.82) is 0 Å². The maximum absolute atomic E-state index is 12.2. The van der Waals surface area contributed by atoms with Crippen LogP contribution < -0.4 is 5.32 Å². The van der Waals surface area contributed by atoms with Crippen LogP contribution in [0.1, 0.15) is 39.6 Å². The predicted octanol–water partition coefficient (Wildman–Crippen LogP) is 2.71. The molecule has 124 valence electrons. The highest BCUT2D eigenvalue weighted by Crippen LogP contribution is 2.29. The lowest BCUT2D eigenvalue weighted by Gasteiger charge is -2.25. The molecule has 1 atom stereocenters. The molecule has 1 heterocycles. The SMILES string of the molecule is O=C(CC1OCCc2ccccc21)NCc1ccc(C(=O)O)cc1. The number of carbonyl (C=O) groups excluding carboxylic acids is 1. The van der Waals surface area contributed by atoms with Gasteiger partial charge in [-0.25, -0.2) is 4.79 Å². The van der Waals surface area contributed by atoms with Crippen LogP contribution in [-0.2, 0) is 22.5 Å². The Morgan fingerprint density at radius 1 is 1.12 bits per heavy atom. The Balaban J connectivity index is 1.56. The highest BCUT2D eigenvalue weighted by Gasteiger charge is 2.22. The van der Waals surface area contributed by atoms with Gasteiger partial charge in [0.15, 0.2) is 0 Å². The van der Waals surface area contributed by atoms with Gasteiger partial charge in [-0.1, -0.05) is 36.4 Å². The number of ether oxygens (including phenoxy) is 1. The zero-order valence-electron chi connectivity index (χ0n) is 13.2. The maximum atomic E-state index is 12.2. The summed E-state index contributed by atoms with van der Waals surface area (Å²) in [6.45, 7) is 0.999. The van der Waals surface area contributed by atoms with E-state index in [0.717, 1.165) is 17.5 Å². The van der Waals surface area contributed by atoms with Crippen molar-refractivity contribution < 1.29 is 19.4 Å². The van der Waals surface area contributed by atoms with Gasteiger partial charge in [0.25, 0.3) is 0 Å². The van der Waals surface area contributed by atoms with Gasteiger partial charge in [-0.2, -0.15) is 0 Å². The molecule has 2 aromatic carbocycles. The summed E-state index contributed by atoms with van der Waals surface area (Å²) in [6.07, 6.45) is 0.957. The molecule has 2 N–H and O–H groups in total. The molecule has 2 aromatic rings. The zero-order chi connectivity index (χ0) is 16.9. The third-order valence-electron chi connectivity index (χ3n) is 4.15. The molecule has 3 rings (SSSR count). The van der Waals surface area contributed by atoms with Crippen molar-refractivity contribution in [2.75, 3.05) is 6.61 Å². The number of rotatable bonds is 5. The summed E-state index contributed by atoms with van der Waals surface area (Å²) < 4.78 is 5.74. The molecule has 0 saturated carbocycles. The number of amides is 1. The predicted molar refractivity (Wildman–Crippen MR) is 88.7 cm³/mol. The molecule has 0 fully saturated rings. The van der Waals surface area contributed by atoms with E-state index in [9.17, 15) is 9.59 Å². The zero-order valence-corrected chi connectivity index (χ0v) is 13.2. The first-order valence-corrected chi connectivity index (χ1v) is 7.92. The molecular weight excluding hydrogens is 306 g/mol. The van der Waals surface area contributed by atoms with Gasteiger partial charge in [-0.15, -0.1) is 0 Å². The van der Waals surface area contributed by atoms with E-state index in [4.69, 9.17) is 9.84 Å². The smallest absolute Gasteiger partial charge is 0.335 e. The lowest BCUT2D eigenvalue weighted by atomic mass is 9.95. The van der Waals surface area contributed by atoms with E-state index in [0.29, 0.717) is 13.2 Å². The molecule has 1 aliphatic heterocycles. The first-order valence-electron chi connectivity index (χ1n) is 7.92. The molecule has 0 spiro atoms. The number of hydrogen-bond donors (Lipinski definition) is 2. The third kappa shape index (κ3) is 3.81. The Morgan fingerprint density at radius 3 is 2.62 bits per heavy atom. The quantitative estimate of drug-likeness (QED) is 0.886. The largest absolute Gasteiger partial charge is 0.478 e. The van der Waals surface area contributed by atoms with Gasteiger partial charge in [0, 0.05) is 6.54 Å². The average Bonchev–Trinajstić information content (AvgIpc) is 2.61. The van der Waals surface area contributed by atoms with E-state index in [2.05, 4.69) is 11.4 Å². The summed E-state index contributed by atoms with van der Waals surface area (Å²) >= 11 is 0. The second kappa shape index (κ2) is 7.27. The minimum atomic E-state index is -0.960. The van der Waals surface area contributed by atoms with Crippen LogP contribution in [0.3, 0.4) is 0 Å². The number of carboxylic acids is 1. The second-order valence-corrected chi connectivity index (χ2v) is 5.79. The van der Waals surface area contributed by atoms with Crippen LogP contribution in [0.25, 0.3) is 0 Å². The molecule has 0 aliphatic carbocycles. The third-order valence-corrected chi connectivity index (χ3v) is 4.15. The standard InChI is InChI=1S/C19H19NO4/c21-18(20-12-13-5-7-15(8-6-13)19(22)23)11-17-16-4-2-1-3-14(16)9-10-24-17/h1-8,17H,9-12H2,(H,20,21)(H,22,23). The second-order valence-electron chi connectivity index (χ2n) is 5.79. The lowest BCUT2D eigenvalue weighted by molar-refractivity contribution is -0.124.